The molecule has 110 valence electrons. The molecular formula is C15H14BrFN2O2. The number of carbonyl (C=O) groups is 1. The van der Waals surface area contributed by atoms with Gasteiger partial charge in [-0.05, 0) is 39.2 Å². The van der Waals surface area contributed by atoms with Gasteiger partial charge in [0.05, 0.1) is 10.9 Å². The quantitative estimate of drug-likeness (QED) is 0.494. The second kappa shape index (κ2) is 7.19. The van der Waals surface area contributed by atoms with Crippen molar-refractivity contribution in [3.8, 4) is 5.75 Å². The van der Waals surface area contributed by atoms with Gasteiger partial charge >= 0.3 is 0 Å². The monoisotopic (exact) mass is 352 g/mol. The van der Waals surface area contributed by atoms with Crippen molar-refractivity contribution in [1.82, 2.24) is 5.43 Å². The molecule has 0 bridgehead atoms. The Labute approximate surface area is 130 Å². The summed E-state index contributed by atoms with van der Waals surface area (Å²) in [7, 11) is 0. The second-order valence-corrected chi connectivity index (χ2v) is 5.28. The van der Waals surface area contributed by atoms with E-state index in [1.165, 1.54) is 12.1 Å². The fourth-order valence-corrected chi connectivity index (χ4v) is 2.10. The Bertz CT molecular complexity index is 632. The van der Waals surface area contributed by atoms with Crippen molar-refractivity contribution in [2.75, 3.05) is 0 Å². The van der Waals surface area contributed by atoms with E-state index < -0.39 is 0 Å². The number of hydrogen-bond donors (Lipinski definition) is 2. The number of carbonyl (C=O) groups excluding carboxylic acids is 1. The van der Waals surface area contributed by atoms with Gasteiger partial charge in [-0.25, -0.2) is 10.2 Å². The maximum atomic E-state index is 13.1. The molecule has 0 aliphatic rings. The lowest BCUT2D eigenvalue weighted by Gasteiger charge is -2.09. The van der Waals surface area contributed by atoms with Gasteiger partial charge in [0.25, 0.3) is 0 Å². The van der Waals surface area contributed by atoms with Crippen LogP contribution in [0.3, 0.4) is 0 Å². The topological polar surface area (TPSA) is 64.3 Å². The first-order valence-electron chi connectivity index (χ1n) is 6.23. The van der Waals surface area contributed by atoms with Crippen molar-refractivity contribution in [2.45, 2.75) is 13.0 Å². The number of rotatable bonds is 5. The van der Waals surface area contributed by atoms with Crippen molar-refractivity contribution in [1.29, 1.82) is 0 Å². The highest BCUT2D eigenvalue weighted by Crippen LogP contribution is 2.26. The molecule has 0 aliphatic heterocycles. The number of hydrazine groups is 1. The van der Waals surface area contributed by atoms with Crippen LogP contribution in [0.2, 0.25) is 0 Å². The Balaban J connectivity index is 1.97. The Morgan fingerprint density at radius 1 is 1.19 bits per heavy atom. The van der Waals surface area contributed by atoms with E-state index >= 15 is 0 Å². The number of halogens is 2. The molecule has 4 nitrogen and oxygen atoms in total. The Morgan fingerprint density at radius 3 is 2.52 bits per heavy atom. The summed E-state index contributed by atoms with van der Waals surface area (Å²) in [6.45, 7) is 0.311. The van der Waals surface area contributed by atoms with Crippen molar-refractivity contribution in [3.05, 3.63) is 63.9 Å². The Hall–Kier alpha value is -1.92. The van der Waals surface area contributed by atoms with Crippen LogP contribution in [-0.4, -0.2) is 5.91 Å². The molecule has 0 spiro atoms. The lowest BCUT2D eigenvalue weighted by Crippen LogP contribution is -2.31. The number of nitrogens with two attached hydrogens (primary N) is 1. The average molecular weight is 353 g/mol. The average Bonchev–Trinajstić information content (AvgIpc) is 2.49. The fourth-order valence-electron chi connectivity index (χ4n) is 1.74. The highest BCUT2D eigenvalue weighted by Gasteiger charge is 2.04. The van der Waals surface area contributed by atoms with Crippen LogP contribution in [0.1, 0.15) is 11.1 Å². The number of nitrogens with one attached hydrogen (secondary N) is 1. The van der Waals surface area contributed by atoms with E-state index in [2.05, 4.69) is 21.4 Å². The van der Waals surface area contributed by atoms with Crippen LogP contribution in [0.5, 0.6) is 5.75 Å². The lowest BCUT2D eigenvalue weighted by atomic mass is 10.1. The van der Waals surface area contributed by atoms with E-state index in [1.807, 2.05) is 24.3 Å². The van der Waals surface area contributed by atoms with Crippen molar-refractivity contribution in [2.24, 2.45) is 5.84 Å². The summed E-state index contributed by atoms with van der Waals surface area (Å²) in [4.78, 5) is 11.1. The molecule has 0 aliphatic carbocycles. The smallest absolute Gasteiger partial charge is 0.238 e. The zero-order valence-electron chi connectivity index (χ0n) is 11.1. The predicted molar refractivity (Wildman–Crippen MR) is 80.9 cm³/mol. The largest absolute Gasteiger partial charge is 0.488 e. The Morgan fingerprint density at radius 2 is 1.86 bits per heavy atom. The molecule has 0 unspecified atom stereocenters. The van der Waals surface area contributed by atoms with E-state index in [-0.39, 0.29) is 18.1 Å². The van der Waals surface area contributed by atoms with E-state index in [0.717, 1.165) is 11.1 Å². The SMILES string of the molecule is NNC(=O)Cc1ccc(COc2cc(F)ccc2Br)cc1. The molecule has 3 N–H and O–H groups in total. The highest BCUT2D eigenvalue weighted by atomic mass is 79.9. The summed E-state index contributed by atoms with van der Waals surface area (Å²) in [5, 5.41) is 0. The molecule has 0 heterocycles. The van der Waals surface area contributed by atoms with Crippen LogP contribution in [0, 0.1) is 5.82 Å². The minimum absolute atomic E-state index is 0.229. The molecular weight excluding hydrogens is 339 g/mol. The van der Waals surface area contributed by atoms with Gasteiger partial charge < -0.3 is 4.74 Å². The molecule has 2 aromatic rings. The zero-order valence-corrected chi connectivity index (χ0v) is 12.7. The maximum absolute atomic E-state index is 13.1. The molecule has 0 saturated heterocycles. The number of ether oxygens (including phenoxy) is 1. The summed E-state index contributed by atoms with van der Waals surface area (Å²) >= 11 is 3.30. The van der Waals surface area contributed by atoms with Crippen molar-refractivity contribution < 1.29 is 13.9 Å². The van der Waals surface area contributed by atoms with E-state index in [0.29, 0.717) is 16.8 Å². The van der Waals surface area contributed by atoms with Gasteiger partial charge in [-0.2, -0.15) is 0 Å². The van der Waals surface area contributed by atoms with Crippen LogP contribution < -0.4 is 16.0 Å². The predicted octanol–water partition coefficient (Wildman–Crippen LogP) is 2.70. The summed E-state index contributed by atoms with van der Waals surface area (Å²) in [6, 6.07) is 11.6. The van der Waals surface area contributed by atoms with Gasteiger partial charge in [0.1, 0.15) is 18.2 Å². The molecule has 0 radical (unpaired) electrons. The minimum atomic E-state index is -0.351. The molecule has 1 amide bonds. The van der Waals surface area contributed by atoms with E-state index in [4.69, 9.17) is 10.6 Å². The minimum Gasteiger partial charge on any atom is -0.488 e. The van der Waals surface area contributed by atoms with Crippen LogP contribution in [0.15, 0.2) is 46.9 Å². The Kier molecular flexibility index (Phi) is 5.30. The molecule has 21 heavy (non-hydrogen) atoms. The number of hydrogen-bond acceptors (Lipinski definition) is 3. The van der Waals surface area contributed by atoms with E-state index in [9.17, 15) is 9.18 Å². The summed E-state index contributed by atoms with van der Waals surface area (Å²) in [5.41, 5.74) is 3.86. The van der Waals surface area contributed by atoms with Crippen LogP contribution in [-0.2, 0) is 17.8 Å². The fraction of sp³-hybridized carbons (Fsp3) is 0.133. The molecule has 0 atom stereocenters. The van der Waals surface area contributed by atoms with Gasteiger partial charge in [0.2, 0.25) is 5.91 Å². The number of amides is 1. The van der Waals surface area contributed by atoms with Crippen LogP contribution in [0.4, 0.5) is 4.39 Å². The van der Waals surface area contributed by atoms with Gasteiger partial charge in [-0.15, -0.1) is 0 Å². The van der Waals surface area contributed by atoms with Crippen molar-refractivity contribution in [3.63, 3.8) is 0 Å². The molecule has 2 rings (SSSR count). The molecule has 2 aromatic carbocycles. The molecule has 0 fully saturated rings. The summed E-state index contributed by atoms with van der Waals surface area (Å²) in [6.07, 6.45) is 0.229. The molecule has 0 aromatic heterocycles. The number of benzene rings is 2. The van der Waals surface area contributed by atoms with Gasteiger partial charge in [0, 0.05) is 6.07 Å². The van der Waals surface area contributed by atoms with E-state index in [1.54, 1.807) is 6.07 Å². The maximum Gasteiger partial charge on any atom is 0.238 e. The first-order valence-corrected chi connectivity index (χ1v) is 7.03. The normalized spacial score (nSPS) is 10.2. The standard InChI is InChI=1S/C15H14BrFN2O2/c16-13-6-5-12(17)8-14(13)21-9-11-3-1-10(2-4-11)7-15(20)19-18/h1-6,8H,7,9,18H2,(H,19,20). The summed E-state index contributed by atoms with van der Waals surface area (Å²) < 4.78 is 19.4. The highest BCUT2D eigenvalue weighted by molar-refractivity contribution is 9.10. The lowest BCUT2D eigenvalue weighted by molar-refractivity contribution is -0.120. The third-order valence-electron chi connectivity index (χ3n) is 2.84. The third kappa shape index (κ3) is 4.54. The van der Waals surface area contributed by atoms with Gasteiger partial charge in [-0.1, -0.05) is 24.3 Å². The molecule has 6 heteroatoms. The van der Waals surface area contributed by atoms with Crippen LogP contribution >= 0.6 is 15.9 Å². The first kappa shape index (κ1) is 15.5. The van der Waals surface area contributed by atoms with Gasteiger partial charge in [0.15, 0.2) is 0 Å². The second-order valence-electron chi connectivity index (χ2n) is 4.42. The zero-order chi connectivity index (χ0) is 15.2. The third-order valence-corrected chi connectivity index (χ3v) is 3.49. The van der Waals surface area contributed by atoms with Gasteiger partial charge in [-0.3, -0.25) is 10.2 Å². The van der Waals surface area contributed by atoms with Crippen LogP contribution in [0.25, 0.3) is 0 Å². The first-order chi connectivity index (χ1) is 10.1. The van der Waals surface area contributed by atoms with Crippen molar-refractivity contribution >= 4 is 21.8 Å². The summed E-state index contributed by atoms with van der Waals surface area (Å²) in [5.74, 6) is 4.88. The molecule has 0 saturated carbocycles.